The van der Waals surface area contributed by atoms with Crippen molar-refractivity contribution in [1.82, 2.24) is 10.6 Å². The van der Waals surface area contributed by atoms with Crippen molar-refractivity contribution in [3.63, 3.8) is 0 Å². The van der Waals surface area contributed by atoms with E-state index in [9.17, 15) is 4.79 Å². The molecule has 2 N–H and O–H groups in total. The fraction of sp³-hybridized carbons (Fsp3) is 0.536. The fourth-order valence-corrected chi connectivity index (χ4v) is 5.06. The predicted octanol–water partition coefficient (Wildman–Crippen LogP) is 4.22. The predicted molar refractivity (Wildman–Crippen MR) is 130 cm³/mol. The fourth-order valence-electron chi connectivity index (χ4n) is 5.06. The monoisotopic (exact) mass is 448 g/mol. The molecule has 0 spiro atoms. The van der Waals surface area contributed by atoms with Crippen LogP contribution in [0.3, 0.4) is 0 Å². The molecule has 1 amide bonds. The van der Waals surface area contributed by atoms with Crippen LogP contribution in [-0.2, 0) is 24.0 Å². The molecule has 3 aliphatic rings. The topological polar surface area (TPSA) is 59.6 Å². The van der Waals surface area contributed by atoms with E-state index in [4.69, 9.17) is 9.47 Å². The van der Waals surface area contributed by atoms with Crippen molar-refractivity contribution < 1.29 is 14.3 Å². The second-order valence-electron chi connectivity index (χ2n) is 9.82. The smallest absolute Gasteiger partial charge is 0.251 e. The zero-order chi connectivity index (χ0) is 22.5. The molecule has 33 heavy (non-hydrogen) atoms. The molecular weight excluding hydrogens is 412 g/mol. The first-order valence-corrected chi connectivity index (χ1v) is 12.7. The van der Waals surface area contributed by atoms with Gasteiger partial charge in [0.25, 0.3) is 5.91 Å². The Kier molecular flexibility index (Phi) is 7.27. The number of fused-ring (bicyclic) bond motifs is 1. The molecule has 176 valence electrons. The van der Waals surface area contributed by atoms with Crippen molar-refractivity contribution in [2.45, 2.75) is 76.0 Å². The summed E-state index contributed by atoms with van der Waals surface area (Å²) >= 11 is 0. The Morgan fingerprint density at radius 2 is 1.85 bits per heavy atom. The van der Waals surface area contributed by atoms with E-state index < -0.39 is 0 Å². The van der Waals surface area contributed by atoms with Crippen LogP contribution >= 0.6 is 0 Å². The Morgan fingerprint density at radius 1 is 0.970 bits per heavy atom. The lowest BCUT2D eigenvalue weighted by atomic mass is 9.86. The third-order valence-corrected chi connectivity index (χ3v) is 7.36. The van der Waals surface area contributed by atoms with Gasteiger partial charge in [0.05, 0.1) is 6.10 Å². The van der Waals surface area contributed by atoms with E-state index in [2.05, 4.69) is 28.8 Å². The summed E-state index contributed by atoms with van der Waals surface area (Å²) in [5.41, 5.74) is 4.93. The van der Waals surface area contributed by atoms with Gasteiger partial charge in [-0.2, -0.15) is 0 Å². The lowest BCUT2D eigenvalue weighted by Crippen LogP contribution is -2.39. The molecule has 2 aromatic carbocycles. The molecule has 5 rings (SSSR count). The minimum atomic E-state index is -0.00665. The second-order valence-corrected chi connectivity index (χ2v) is 9.82. The van der Waals surface area contributed by atoms with Crippen LogP contribution in [-0.4, -0.2) is 43.9 Å². The SMILES string of the molecule is O=C(N[C@H]1CCc2cc(CCNC3CCC3)ccc2C1)c1ccc(OC[C@@H]2CCCO2)cc1. The van der Waals surface area contributed by atoms with Crippen LogP contribution in [0.2, 0.25) is 0 Å². The van der Waals surface area contributed by atoms with Gasteiger partial charge >= 0.3 is 0 Å². The summed E-state index contributed by atoms with van der Waals surface area (Å²) in [6, 6.07) is 15.3. The minimum Gasteiger partial charge on any atom is -0.491 e. The second kappa shape index (κ2) is 10.7. The van der Waals surface area contributed by atoms with Gasteiger partial charge in [0.15, 0.2) is 0 Å². The molecular formula is C28H36N2O3. The maximum atomic E-state index is 12.8. The molecule has 2 atom stereocenters. The normalized spacial score (nSPS) is 22.4. The van der Waals surface area contributed by atoms with Gasteiger partial charge in [-0.1, -0.05) is 24.6 Å². The van der Waals surface area contributed by atoms with Crippen molar-refractivity contribution >= 4 is 5.91 Å². The maximum Gasteiger partial charge on any atom is 0.251 e. The zero-order valence-corrected chi connectivity index (χ0v) is 19.5. The first-order valence-electron chi connectivity index (χ1n) is 12.7. The summed E-state index contributed by atoms with van der Waals surface area (Å²) in [7, 11) is 0. The van der Waals surface area contributed by atoms with Crippen LogP contribution in [0.15, 0.2) is 42.5 Å². The summed E-state index contributed by atoms with van der Waals surface area (Å²) in [5, 5.41) is 6.89. The quantitative estimate of drug-likeness (QED) is 0.603. The first kappa shape index (κ1) is 22.4. The molecule has 1 saturated heterocycles. The maximum absolute atomic E-state index is 12.8. The highest BCUT2D eigenvalue weighted by molar-refractivity contribution is 5.94. The number of rotatable bonds is 9. The minimum absolute atomic E-state index is 0.00665. The van der Waals surface area contributed by atoms with Crippen LogP contribution in [0.25, 0.3) is 0 Å². The standard InChI is InChI=1S/C28H36N2O3/c31-28(21-9-12-26(13-10-21)33-19-27-5-2-16-32-27)30-25-11-8-22-17-20(6-7-23(22)18-25)14-15-29-24-3-1-4-24/h6-7,9-10,12-13,17,24-25,27,29H,1-5,8,11,14-16,18-19H2,(H,30,31)/t25-,27-/m0/s1. The molecule has 0 aromatic heterocycles. The highest BCUT2D eigenvalue weighted by Crippen LogP contribution is 2.24. The van der Waals surface area contributed by atoms with Gasteiger partial charge in [-0.3, -0.25) is 4.79 Å². The molecule has 1 aliphatic heterocycles. The number of carbonyl (C=O) groups excluding carboxylic acids is 1. The number of nitrogens with one attached hydrogen (secondary N) is 2. The third-order valence-electron chi connectivity index (χ3n) is 7.36. The van der Waals surface area contributed by atoms with Crippen molar-refractivity contribution in [3.05, 3.63) is 64.7 Å². The van der Waals surface area contributed by atoms with Gasteiger partial charge in [-0.25, -0.2) is 0 Å². The Hall–Kier alpha value is -2.37. The van der Waals surface area contributed by atoms with E-state index in [-0.39, 0.29) is 18.1 Å². The summed E-state index contributed by atoms with van der Waals surface area (Å²) in [6.45, 7) is 2.48. The van der Waals surface area contributed by atoms with Gasteiger partial charge in [0, 0.05) is 24.3 Å². The van der Waals surface area contributed by atoms with Gasteiger partial charge in [-0.15, -0.1) is 0 Å². The van der Waals surface area contributed by atoms with E-state index in [1.165, 1.54) is 36.0 Å². The number of aryl methyl sites for hydroxylation is 1. The van der Waals surface area contributed by atoms with Crippen LogP contribution in [0, 0.1) is 0 Å². The third kappa shape index (κ3) is 5.96. The lowest BCUT2D eigenvalue weighted by molar-refractivity contribution is 0.0679. The van der Waals surface area contributed by atoms with Crippen LogP contribution in [0.1, 0.15) is 65.6 Å². The summed E-state index contributed by atoms with van der Waals surface area (Å²) in [6.07, 6.45) is 10.4. The lowest BCUT2D eigenvalue weighted by Gasteiger charge is -2.27. The average Bonchev–Trinajstić information content (AvgIpc) is 3.33. The molecule has 2 aromatic rings. The molecule has 5 nitrogen and oxygen atoms in total. The van der Waals surface area contributed by atoms with Crippen LogP contribution < -0.4 is 15.4 Å². The molecule has 1 saturated carbocycles. The number of ether oxygens (including phenoxy) is 2. The van der Waals surface area contributed by atoms with Crippen molar-refractivity contribution in [1.29, 1.82) is 0 Å². The summed E-state index contributed by atoms with van der Waals surface area (Å²) < 4.78 is 11.4. The highest BCUT2D eigenvalue weighted by atomic mass is 16.5. The molecule has 0 radical (unpaired) electrons. The van der Waals surface area contributed by atoms with Crippen LogP contribution in [0.4, 0.5) is 0 Å². The molecule has 2 aliphatic carbocycles. The molecule has 0 unspecified atom stereocenters. The molecule has 0 bridgehead atoms. The Bertz CT molecular complexity index is 933. The molecule has 2 fully saturated rings. The first-order chi connectivity index (χ1) is 16.2. The van der Waals surface area contributed by atoms with Crippen LogP contribution in [0.5, 0.6) is 5.75 Å². The van der Waals surface area contributed by atoms with E-state index in [1.54, 1.807) is 0 Å². The van der Waals surface area contributed by atoms with E-state index in [0.29, 0.717) is 12.2 Å². The van der Waals surface area contributed by atoms with E-state index in [1.807, 2.05) is 24.3 Å². The van der Waals surface area contributed by atoms with E-state index in [0.717, 1.165) is 63.5 Å². The number of benzene rings is 2. The summed E-state index contributed by atoms with van der Waals surface area (Å²) in [4.78, 5) is 12.8. The van der Waals surface area contributed by atoms with Crippen molar-refractivity contribution in [3.8, 4) is 5.75 Å². The van der Waals surface area contributed by atoms with Gasteiger partial charge in [0.2, 0.25) is 0 Å². The number of carbonyl (C=O) groups is 1. The Labute approximate surface area is 197 Å². The summed E-state index contributed by atoms with van der Waals surface area (Å²) in [5.74, 6) is 0.778. The number of hydrogen-bond donors (Lipinski definition) is 2. The zero-order valence-electron chi connectivity index (χ0n) is 19.5. The number of hydrogen-bond acceptors (Lipinski definition) is 4. The van der Waals surface area contributed by atoms with Crippen molar-refractivity contribution in [2.24, 2.45) is 0 Å². The average molecular weight is 449 g/mol. The van der Waals surface area contributed by atoms with Gasteiger partial charge in [0.1, 0.15) is 12.4 Å². The largest absolute Gasteiger partial charge is 0.491 e. The van der Waals surface area contributed by atoms with Gasteiger partial charge in [-0.05, 0) is 98.9 Å². The molecule has 5 heteroatoms. The number of amides is 1. The van der Waals surface area contributed by atoms with Gasteiger partial charge < -0.3 is 20.1 Å². The Balaban J connectivity index is 1.09. The Morgan fingerprint density at radius 3 is 2.61 bits per heavy atom. The van der Waals surface area contributed by atoms with E-state index >= 15 is 0 Å². The highest BCUT2D eigenvalue weighted by Gasteiger charge is 2.22. The van der Waals surface area contributed by atoms with Crippen molar-refractivity contribution in [2.75, 3.05) is 19.8 Å². The molecule has 1 heterocycles.